The van der Waals surface area contributed by atoms with E-state index in [0.29, 0.717) is 66.6 Å². The molecule has 2 amide bonds. The largest absolute Gasteiger partial charge is 0.375 e. The zero-order chi connectivity index (χ0) is 28.2. The van der Waals surface area contributed by atoms with Crippen LogP contribution in [0.25, 0.3) is 0 Å². The minimum absolute atomic E-state index is 0.00711. The fraction of sp³-hybridized carbons (Fsp3) is 0.680. The number of carbonyl (C=O) groups excluding carboxylic acids is 2. The highest BCUT2D eigenvalue weighted by atomic mass is 35.5. The number of likely N-dealkylation sites (tertiary alicyclic amines) is 1. The first kappa shape index (κ1) is 30.6. The van der Waals surface area contributed by atoms with Crippen LogP contribution in [0.2, 0.25) is 15.1 Å². The molecular formula is C25H37Cl3N6O4S. The number of hydrogen-bond donors (Lipinski definition) is 1. The lowest BCUT2D eigenvalue weighted by Crippen LogP contribution is -2.61. The van der Waals surface area contributed by atoms with Gasteiger partial charge in [-0.2, -0.15) is 4.31 Å². The fourth-order valence-electron chi connectivity index (χ4n) is 5.42. The monoisotopic (exact) mass is 622 g/mol. The molecule has 3 heterocycles. The van der Waals surface area contributed by atoms with Gasteiger partial charge in [0.15, 0.2) is 0 Å². The van der Waals surface area contributed by atoms with Gasteiger partial charge in [-0.3, -0.25) is 14.5 Å². The predicted octanol–water partition coefficient (Wildman–Crippen LogP) is 2.16. The van der Waals surface area contributed by atoms with Gasteiger partial charge in [0.2, 0.25) is 21.8 Å². The molecule has 0 aromatic heterocycles. The summed E-state index contributed by atoms with van der Waals surface area (Å²) in [6.07, 6.45) is 2.22. The van der Waals surface area contributed by atoms with Crippen molar-refractivity contribution in [2.75, 3.05) is 89.6 Å². The van der Waals surface area contributed by atoms with E-state index in [1.165, 1.54) is 6.07 Å². The molecule has 1 N–H and O–H groups in total. The molecular weight excluding hydrogens is 587 g/mol. The minimum Gasteiger partial charge on any atom is -0.375 e. The van der Waals surface area contributed by atoms with Crippen molar-refractivity contribution in [1.29, 1.82) is 0 Å². The van der Waals surface area contributed by atoms with Crippen molar-refractivity contribution < 1.29 is 18.0 Å². The Bertz CT molecular complexity index is 1140. The van der Waals surface area contributed by atoms with Crippen molar-refractivity contribution in [3.8, 4) is 0 Å². The Labute approximate surface area is 246 Å². The first-order valence-corrected chi connectivity index (χ1v) is 16.1. The van der Waals surface area contributed by atoms with E-state index >= 15 is 0 Å². The topological polar surface area (TPSA) is 96.5 Å². The number of amides is 2. The van der Waals surface area contributed by atoms with E-state index in [4.69, 9.17) is 34.8 Å². The zero-order valence-corrected chi connectivity index (χ0v) is 25.3. The maximum absolute atomic E-state index is 13.3. The predicted molar refractivity (Wildman–Crippen MR) is 155 cm³/mol. The second-order valence-electron chi connectivity index (χ2n) is 10.4. The third kappa shape index (κ3) is 8.12. The first-order chi connectivity index (χ1) is 18.5. The number of hydrogen-bond acceptors (Lipinski definition) is 7. The molecule has 1 aromatic carbocycles. The van der Waals surface area contributed by atoms with Gasteiger partial charge in [-0.25, -0.2) is 8.42 Å². The van der Waals surface area contributed by atoms with Crippen LogP contribution in [0.5, 0.6) is 0 Å². The van der Waals surface area contributed by atoms with Crippen LogP contribution >= 0.6 is 34.8 Å². The van der Waals surface area contributed by atoms with Crippen LogP contribution in [-0.2, 0) is 19.6 Å². The Hall–Kier alpha value is -1.34. The van der Waals surface area contributed by atoms with Crippen LogP contribution < -0.4 is 5.32 Å². The SMILES string of the molecule is CC(=O)N1CCN(CCS(=O)(=O)N2CCN(C(=O)CNc3cc(Cl)c(Cl)cc3Cl)[C@@H](CN3CCCC3)C2)CC1. The molecule has 10 nitrogen and oxygen atoms in total. The van der Waals surface area contributed by atoms with Gasteiger partial charge in [0.25, 0.3) is 0 Å². The summed E-state index contributed by atoms with van der Waals surface area (Å²) >= 11 is 18.4. The lowest BCUT2D eigenvalue weighted by atomic mass is 10.1. The van der Waals surface area contributed by atoms with Crippen molar-refractivity contribution >= 4 is 62.3 Å². The van der Waals surface area contributed by atoms with Gasteiger partial charge in [0.1, 0.15) is 0 Å². The van der Waals surface area contributed by atoms with Crippen molar-refractivity contribution in [1.82, 2.24) is 23.9 Å². The maximum Gasteiger partial charge on any atom is 0.242 e. The van der Waals surface area contributed by atoms with E-state index in [-0.39, 0.29) is 43.2 Å². The summed E-state index contributed by atoms with van der Waals surface area (Å²) < 4.78 is 28.2. The molecule has 39 heavy (non-hydrogen) atoms. The summed E-state index contributed by atoms with van der Waals surface area (Å²) in [5.74, 6) is -0.0508. The molecule has 0 spiro atoms. The smallest absolute Gasteiger partial charge is 0.242 e. The van der Waals surface area contributed by atoms with Crippen LogP contribution in [-0.4, -0.2) is 134 Å². The van der Waals surface area contributed by atoms with Gasteiger partial charge < -0.3 is 20.0 Å². The van der Waals surface area contributed by atoms with E-state index in [9.17, 15) is 18.0 Å². The second-order valence-corrected chi connectivity index (χ2v) is 13.7. The van der Waals surface area contributed by atoms with E-state index < -0.39 is 10.0 Å². The number of anilines is 1. The van der Waals surface area contributed by atoms with Gasteiger partial charge in [0, 0.05) is 65.8 Å². The highest BCUT2D eigenvalue weighted by Crippen LogP contribution is 2.32. The van der Waals surface area contributed by atoms with Crippen molar-refractivity contribution in [2.24, 2.45) is 0 Å². The molecule has 3 fully saturated rings. The average Bonchev–Trinajstić information content (AvgIpc) is 3.42. The van der Waals surface area contributed by atoms with Crippen LogP contribution in [0.1, 0.15) is 19.8 Å². The molecule has 14 heteroatoms. The summed E-state index contributed by atoms with van der Waals surface area (Å²) in [4.78, 5) is 32.9. The van der Waals surface area contributed by atoms with Crippen molar-refractivity contribution in [3.63, 3.8) is 0 Å². The highest BCUT2D eigenvalue weighted by Gasteiger charge is 2.37. The molecule has 1 aromatic rings. The summed E-state index contributed by atoms with van der Waals surface area (Å²) in [7, 11) is -3.50. The Kier molecular flexibility index (Phi) is 10.6. The fourth-order valence-corrected chi connectivity index (χ4v) is 7.54. The number of sulfonamides is 1. The molecule has 0 saturated carbocycles. The molecule has 3 aliphatic rings. The number of benzene rings is 1. The summed E-state index contributed by atoms with van der Waals surface area (Å²) in [6, 6.07) is 2.87. The van der Waals surface area contributed by atoms with Gasteiger partial charge in [-0.1, -0.05) is 34.8 Å². The third-order valence-corrected chi connectivity index (χ3v) is 10.6. The molecule has 0 unspecified atom stereocenters. The van der Waals surface area contributed by atoms with Crippen LogP contribution in [0.4, 0.5) is 5.69 Å². The first-order valence-electron chi connectivity index (χ1n) is 13.4. The molecule has 0 radical (unpaired) electrons. The van der Waals surface area contributed by atoms with Gasteiger partial charge in [-0.15, -0.1) is 0 Å². The number of halogens is 3. The second kappa shape index (κ2) is 13.5. The molecule has 4 rings (SSSR count). The van der Waals surface area contributed by atoms with Crippen molar-refractivity contribution in [2.45, 2.75) is 25.8 Å². The van der Waals surface area contributed by atoms with Crippen LogP contribution in [0.3, 0.4) is 0 Å². The molecule has 3 saturated heterocycles. The molecule has 218 valence electrons. The summed E-state index contributed by atoms with van der Waals surface area (Å²) in [5, 5.41) is 4.09. The van der Waals surface area contributed by atoms with Crippen molar-refractivity contribution in [3.05, 3.63) is 27.2 Å². The zero-order valence-electron chi connectivity index (χ0n) is 22.2. The minimum atomic E-state index is -3.50. The number of piperazine rings is 2. The van der Waals surface area contributed by atoms with E-state index in [0.717, 1.165) is 25.9 Å². The van der Waals surface area contributed by atoms with Gasteiger partial charge in [-0.05, 0) is 38.1 Å². The molecule has 0 bridgehead atoms. The summed E-state index contributed by atoms with van der Waals surface area (Å²) in [6.45, 7) is 7.98. The standard InChI is InChI=1S/C25H37Cl3N6O4S/c1-19(35)32-8-6-30(7-9-32)12-13-39(37,38)33-10-11-34(20(18-33)17-31-4-2-3-5-31)25(36)16-29-24-15-22(27)21(26)14-23(24)28/h14-15,20,29H,2-13,16-18H2,1H3/t20-/m0/s1. The summed E-state index contributed by atoms with van der Waals surface area (Å²) in [5.41, 5.74) is 0.515. The third-order valence-electron chi connectivity index (χ3n) is 7.75. The number of nitrogens with zero attached hydrogens (tertiary/aromatic N) is 5. The Morgan fingerprint density at radius 1 is 0.897 bits per heavy atom. The van der Waals surface area contributed by atoms with E-state index in [1.54, 1.807) is 27.1 Å². The van der Waals surface area contributed by atoms with Crippen LogP contribution in [0, 0.1) is 0 Å². The normalized spacial score (nSPS) is 21.9. The maximum atomic E-state index is 13.3. The molecule has 0 aliphatic carbocycles. The Morgan fingerprint density at radius 2 is 1.56 bits per heavy atom. The molecule has 1 atom stereocenters. The Balaban J connectivity index is 1.36. The Morgan fingerprint density at radius 3 is 2.23 bits per heavy atom. The highest BCUT2D eigenvalue weighted by molar-refractivity contribution is 7.89. The number of rotatable bonds is 9. The lowest BCUT2D eigenvalue weighted by Gasteiger charge is -2.42. The molecule has 3 aliphatic heterocycles. The number of nitrogens with one attached hydrogen (secondary N) is 1. The lowest BCUT2D eigenvalue weighted by molar-refractivity contribution is -0.134. The van der Waals surface area contributed by atoms with Gasteiger partial charge >= 0.3 is 0 Å². The van der Waals surface area contributed by atoms with E-state index in [1.807, 2.05) is 0 Å². The van der Waals surface area contributed by atoms with Gasteiger partial charge in [0.05, 0.1) is 39.1 Å². The van der Waals surface area contributed by atoms with E-state index in [2.05, 4.69) is 15.1 Å². The van der Waals surface area contributed by atoms with Crippen LogP contribution in [0.15, 0.2) is 12.1 Å². The average molecular weight is 624 g/mol. The number of carbonyl (C=O) groups is 2. The quantitative estimate of drug-likeness (QED) is 0.421.